The highest BCUT2D eigenvalue weighted by atomic mass is 16.3. The average molecular weight is 294 g/mol. The van der Waals surface area contributed by atoms with Gasteiger partial charge < -0.3 is 5.11 Å². The van der Waals surface area contributed by atoms with Gasteiger partial charge in [0.15, 0.2) is 5.78 Å². The van der Waals surface area contributed by atoms with Gasteiger partial charge in [0.25, 0.3) is 0 Å². The SMILES string of the molecule is Cc1ccc(C(=O)C=C(O)c2ccc(C(C)(C)C)cc2)cc1. The topological polar surface area (TPSA) is 37.3 Å². The maximum Gasteiger partial charge on any atom is 0.189 e. The van der Waals surface area contributed by atoms with E-state index in [0.29, 0.717) is 11.1 Å². The molecule has 0 aliphatic rings. The average Bonchev–Trinajstić information content (AvgIpc) is 2.47. The number of rotatable bonds is 3. The number of carbonyl (C=O) groups excluding carboxylic acids is 1. The van der Waals surface area contributed by atoms with Gasteiger partial charge in [0, 0.05) is 17.2 Å². The zero-order valence-corrected chi connectivity index (χ0v) is 13.6. The molecule has 0 aliphatic carbocycles. The van der Waals surface area contributed by atoms with Crippen molar-refractivity contribution in [3.63, 3.8) is 0 Å². The van der Waals surface area contributed by atoms with E-state index >= 15 is 0 Å². The molecule has 0 spiro atoms. The molecule has 0 fully saturated rings. The lowest BCUT2D eigenvalue weighted by molar-refractivity contribution is 0.104. The van der Waals surface area contributed by atoms with Crippen molar-refractivity contribution < 1.29 is 9.90 Å². The van der Waals surface area contributed by atoms with Gasteiger partial charge >= 0.3 is 0 Å². The molecule has 1 N–H and O–H groups in total. The number of aryl methyl sites for hydroxylation is 1. The van der Waals surface area contributed by atoms with Crippen molar-refractivity contribution in [2.75, 3.05) is 0 Å². The van der Waals surface area contributed by atoms with E-state index in [-0.39, 0.29) is 17.0 Å². The first kappa shape index (κ1) is 16.0. The van der Waals surface area contributed by atoms with Crippen molar-refractivity contribution in [2.24, 2.45) is 0 Å². The highest BCUT2D eigenvalue weighted by molar-refractivity contribution is 6.07. The fourth-order valence-corrected chi connectivity index (χ4v) is 2.15. The fraction of sp³-hybridized carbons (Fsp3) is 0.250. The largest absolute Gasteiger partial charge is 0.507 e. The zero-order chi connectivity index (χ0) is 16.3. The molecule has 0 amide bonds. The van der Waals surface area contributed by atoms with Gasteiger partial charge in [-0.05, 0) is 17.9 Å². The first-order valence-electron chi connectivity index (χ1n) is 7.40. The second-order valence-corrected chi connectivity index (χ2v) is 6.59. The van der Waals surface area contributed by atoms with Crippen LogP contribution < -0.4 is 0 Å². The Morgan fingerprint density at radius 3 is 1.91 bits per heavy atom. The van der Waals surface area contributed by atoms with E-state index in [1.807, 2.05) is 43.3 Å². The first-order chi connectivity index (χ1) is 10.3. The van der Waals surface area contributed by atoms with E-state index in [0.717, 1.165) is 5.56 Å². The van der Waals surface area contributed by atoms with Crippen LogP contribution >= 0.6 is 0 Å². The Kier molecular flexibility index (Phi) is 4.51. The van der Waals surface area contributed by atoms with Crippen molar-refractivity contribution in [1.82, 2.24) is 0 Å². The lowest BCUT2D eigenvalue weighted by Gasteiger charge is -2.19. The van der Waals surface area contributed by atoms with Crippen molar-refractivity contribution in [3.8, 4) is 0 Å². The van der Waals surface area contributed by atoms with Crippen LogP contribution in [0.4, 0.5) is 0 Å². The normalized spacial score (nSPS) is 12.3. The molecule has 114 valence electrons. The summed E-state index contributed by atoms with van der Waals surface area (Å²) in [7, 11) is 0. The predicted octanol–water partition coefficient (Wildman–Crippen LogP) is 5.07. The van der Waals surface area contributed by atoms with Crippen LogP contribution in [0, 0.1) is 6.92 Å². The highest BCUT2D eigenvalue weighted by Gasteiger charge is 2.13. The van der Waals surface area contributed by atoms with Crippen LogP contribution in [0.5, 0.6) is 0 Å². The number of ketones is 1. The summed E-state index contributed by atoms with van der Waals surface area (Å²) in [4.78, 5) is 12.1. The maximum atomic E-state index is 12.1. The third kappa shape index (κ3) is 3.85. The van der Waals surface area contributed by atoms with Crippen LogP contribution in [0.15, 0.2) is 54.6 Å². The third-order valence-electron chi connectivity index (χ3n) is 3.65. The van der Waals surface area contributed by atoms with Crippen LogP contribution in [0.1, 0.15) is 47.8 Å². The van der Waals surface area contributed by atoms with Crippen molar-refractivity contribution >= 4 is 11.5 Å². The predicted molar refractivity (Wildman–Crippen MR) is 91.3 cm³/mol. The lowest BCUT2D eigenvalue weighted by atomic mass is 9.86. The van der Waals surface area contributed by atoms with Gasteiger partial charge in [-0.3, -0.25) is 4.79 Å². The number of benzene rings is 2. The molecule has 2 aromatic carbocycles. The zero-order valence-electron chi connectivity index (χ0n) is 13.6. The van der Waals surface area contributed by atoms with Gasteiger partial charge in [-0.25, -0.2) is 0 Å². The number of aliphatic hydroxyl groups excluding tert-OH is 1. The third-order valence-corrected chi connectivity index (χ3v) is 3.65. The molecule has 0 atom stereocenters. The molecule has 0 unspecified atom stereocenters. The highest BCUT2D eigenvalue weighted by Crippen LogP contribution is 2.23. The van der Waals surface area contributed by atoms with E-state index in [1.54, 1.807) is 12.1 Å². The Hall–Kier alpha value is -2.35. The molecule has 0 saturated carbocycles. The standard InChI is InChI=1S/C20H22O2/c1-14-5-7-15(8-6-14)18(21)13-19(22)16-9-11-17(12-10-16)20(2,3)4/h5-13,22H,1-4H3. The van der Waals surface area contributed by atoms with Gasteiger partial charge in [-0.1, -0.05) is 74.9 Å². The molecule has 22 heavy (non-hydrogen) atoms. The molecule has 0 aromatic heterocycles. The summed E-state index contributed by atoms with van der Waals surface area (Å²) in [5.74, 6) is -0.205. The molecule has 0 radical (unpaired) electrons. The number of carbonyl (C=O) groups is 1. The molecule has 2 nitrogen and oxygen atoms in total. The molecule has 0 heterocycles. The molecule has 2 heteroatoms. The Balaban J connectivity index is 2.21. The number of aliphatic hydroxyl groups is 1. The summed E-state index contributed by atoms with van der Waals surface area (Å²) in [6, 6.07) is 15.0. The summed E-state index contributed by atoms with van der Waals surface area (Å²) in [6.45, 7) is 8.38. The molecule has 0 saturated heterocycles. The lowest BCUT2D eigenvalue weighted by Crippen LogP contribution is -2.10. The van der Waals surface area contributed by atoms with Crippen LogP contribution in [0.2, 0.25) is 0 Å². The summed E-state index contributed by atoms with van der Waals surface area (Å²) in [5.41, 5.74) is 3.57. The van der Waals surface area contributed by atoms with Gasteiger partial charge in [-0.15, -0.1) is 0 Å². The molecular formula is C20H22O2. The summed E-state index contributed by atoms with van der Waals surface area (Å²) in [5, 5.41) is 10.1. The van der Waals surface area contributed by atoms with Crippen LogP contribution in [0.25, 0.3) is 5.76 Å². The van der Waals surface area contributed by atoms with Crippen LogP contribution in [0.3, 0.4) is 0 Å². The van der Waals surface area contributed by atoms with Gasteiger partial charge in [0.05, 0.1) is 0 Å². The quantitative estimate of drug-likeness (QED) is 0.487. The Morgan fingerprint density at radius 1 is 0.909 bits per heavy atom. The molecule has 0 aliphatic heterocycles. The summed E-state index contributed by atoms with van der Waals surface area (Å²) in [6.07, 6.45) is 1.27. The Bertz CT molecular complexity index is 684. The van der Waals surface area contributed by atoms with Crippen LogP contribution in [-0.4, -0.2) is 10.9 Å². The summed E-state index contributed by atoms with van der Waals surface area (Å²) >= 11 is 0. The first-order valence-corrected chi connectivity index (χ1v) is 7.40. The van der Waals surface area contributed by atoms with Crippen molar-refractivity contribution in [1.29, 1.82) is 0 Å². The minimum absolute atomic E-state index is 0.00830. The maximum absolute atomic E-state index is 12.1. The van der Waals surface area contributed by atoms with Crippen molar-refractivity contribution in [3.05, 3.63) is 76.9 Å². The molecule has 2 rings (SSSR count). The monoisotopic (exact) mass is 294 g/mol. The minimum atomic E-state index is -0.197. The molecule has 0 bridgehead atoms. The number of hydrogen-bond acceptors (Lipinski definition) is 2. The van der Waals surface area contributed by atoms with E-state index < -0.39 is 0 Å². The number of allylic oxidation sites excluding steroid dienone is 1. The molecule has 2 aromatic rings. The van der Waals surface area contributed by atoms with E-state index in [1.165, 1.54) is 11.6 Å². The van der Waals surface area contributed by atoms with E-state index in [2.05, 4.69) is 20.8 Å². The Labute approximate surface area is 132 Å². The summed E-state index contributed by atoms with van der Waals surface area (Å²) < 4.78 is 0. The smallest absolute Gasteiger partial charge is 0.189 e. The van der Waals surface area contributed by atoms with E-state index in [9.17, 15) is 9.90 Å². The molecular weight excluding hydrogens is 272 g/mol. The second kappa shape index (κ2) is 6.18. The fourth-order valence-electron chi connectivity index (χ4n) is 2.15. The van der Waals surface area contributed by atoms with Gasteiger partial charge in [0.1, 0.15) is 5.76 Å². The Morgan fingerprint density at radius 2 is 1.41 bits per heavy atom. The van der Waals surface area contributed by atoms with Gasteiger partial charge in [-0.2, -0.15) is 0 Å². The van der Waals surface area contributed by atoms with Gasteiger partial charge in [0.2, 0.25) is 0 Å². The number of hydrogen-bond donors (Lipinski definition) is 1. The second-order valence-electron chi connectivity index (χ2n) is 6.59. The van der Waals surface area contributed by atoms with Crippen LogP contribution in [-0.2, 0) is 5.41 Å². The minimum Gasteiger partial charge on any atom is -0.507 e. The van der Waals surface area contributed by atoms with E-state index in [4.69, 9.17) is 0 Å². The van der Waals surface area contributed by atoms with Crippen molar-refractivity contribution in [2.45, 2.75) is 33.1 Å².